The van der Waals surface area contributed by atoms with Crippen LogP contribution in [0.5, 0.6) is 0 Å². The molecule has 4 rings (SSSR count). The molecular weight excluding hydrogens is 536 g/mol. The lowest BCUT2D eigenvalue weighted by molar-refractivity contribution is 0.343. The number of aromatic nitrogens is 2. The highest BCUT2D eigenvalue weighted by molar-refractivity contribution is 7.90. The number of nitrogens with zero attached hydrogens (tertiary/aromatic N) is 2. The van der Waals surface area contributed by atoms with Crippen molar-refractivity contribution in [3.05, 3.63) is 71.6 Å². The van der Waals surface area contributed by atoms with Crippen molar-refractivity contribution < 1.29 is 37.1 Å². The summed E-state index contributed by atoms with van der Waals surface area (Å²) in [6.07, 6.45) is 0. The van der Waals surface area contributed by atoms with Gasteiger partial charge >= 0.3 is 15.2 Å². The van der Waals surface area contributed by atoms with E-state index < -0.39 is 30.6 Å². The summed E-state index contributed by atoms with van der Waals surface area (Å²) >= 11 is 1.19. The Kier molecular flexibility index (Phi) is 6.98. The Hall–Kier alpha value is -2.47. The highest BCUT2D eigenvalue weighted by Crippen LogP contribution is 2.59. The second kappa shape index (κ2) is 9.53. The summed E-state index contributed by atoms with van der Waals surface area (Å²) in [5.74, 6) is -0.378. The first kappa shape index (κ1) is 25.6. The molecule has 0 aliphatic heterocycles. The molecule has 0 saturated carbocycles. The van der Waals surface area contributed by atoms with Crippen LogP contribution in [0.4, 0.5) is 5.82 Å². The number of hydrogen-bond acceptors (Lipinski definition) is 8. The molecule has 0 fully saturated rings. The van der Waals surface area contributed by atoms with E-state index in [1.54, 1.807) is 53.9 Å². The predicted molar refractivity (Wildman–Crippen MR) is 132 cm³/mol. The quantitative estimate of drug-likeness (QED) is 0.201. The highest BCUT2D eigenvalue weighted by atomic mass is 32.2. The Morgan fingerprint density at radius 1 is 0.914 bits per heavy atom. The molecule has 0 atom stereocenters. The van der Waals surface area contributed by atoms with Crippen molar-refractivity contribution in [2.24, 2.45) is 0 Å². The molecule has 0 bridgehead atoms. The number of nitrogens with one attached hydrogen (secondary N) is 1. The zero-order valence-electron chi connectivity index (χ0n) is 17.7. The number of sulfone groups is 1. The van der Waals surface area contributed by atoms with Crippen LogP contribution in [-0.2, 0) is 24.7 Å². The van der Waals surface area contributed by atoms with E-state index in [4.69, 9.17) is 0 Å². The Morgan fingerprint density at radius 3 is 2.26 bits per heavy atom. The lowest BCUT2D eigenvalue weighted by Gasteiger charge is -2.21. The van der Waals surface area contributed by atoms with Gasteiger partial charge in [0.05, 0.1) is 16.0 Å². The lowest BCUT2D eigenvalue weighted by Crippen LogP contribution is -2.21. The third-order valence-corrected chi connectivity index (χ3v) is 10.7. The van der Waals surface area contributed by atoms with Crippen LogP contribution in [0.2, 0.25) is 0 Å². The van der Waals surface area contributed by atoms with Crippen LogP contribution in [-0.4, -0.2) is 43.5 Å². The molecule has 0 aliphatic carbocycles. The second-order valence-corrected chi connectivity index (χ2v) is 14.2. The van der Waals surface area contributed by atoms with Crippen molar-refractivity contribution in [3.63, 3.8) is 0 Å². The maximum Gasteiger partial charge on any atom is 0.360 e. The molecule has 2 heterocycles. The average Bonchev–Trinajstić information content (AvgIpc) is 3.25. The minimum atomic E-state index is -5.27. The molecule has 2 aromatic heterocycles. The Labute approximate surface area is 203 Å². The SMILES string of the molecule is O=P(O)(O)C(Nc1nc(-c2cccc(CS(=O)(=O)c3ccccc3)c2)nc2sccc12)P(=O)(O)O. The van der Waals surface area contributed by atoms with Gasteiger partial charge in [-0.25, -0.2) is 18.4 Å². The molecule has 5 N–H and O–H groups in total. The van der Waals surface area contributed by atoms with Gasteiger partial charge in [-0.3, -0.25) is 9.13 Å². The van der Waals surface area contributed by atoms with E-state index in [1.165, 1.54) is 23.5 Å². The van der Waals surface area contributed by atoms with Crippen molar-refractivity contribution in [2.45, 2.75) is 16.2 Å². The number of benzene rings is 2. The molecular formula is C20H19N3O8P2S2. The average molecular weight is 555 g/mol. The van der Waals surface area contributed by atoms with Crippen LogP contribution in [0, 0.1) is 0 Å². The lowest BCUT2D eigenvalue weighted by atomic mass is 10.1. The fourth-order valence-electron chi connectivity index (χ4n) is 3.31. The molecule has 4 aromatic rings. The molecule has 15 heteroatoms. The highest BCUT2D eigenvalue weighted by Gasteiger charge is 2.44. The smallest absolute Gasteiger partial charge is 0.346 e. The van der Waals surface area contributed by atoms with Gasteiger partial charge in [-0.15, -0.1) is 11.3 Å². The van der Waals surface area contributed by atoms with Gasteiger partial charge in [0, 0.05) is 5.56 Å². The van der Waals surface area contributed by atoms with Gasteiger partial charge in [0.25, 0.3) is 0 Å². The summed E-state index contributed by atoms with van der Waals surface area (Å²) in [6.45, 7) is 0. The fourth-order valence-corrected chi connectivity index (χ4v) is 7.58. The third-order valence-electron chi connectivity index (χ3n) is 4.87. The van der Waals surface area contributed by atoms with Crippen LogP contribution in [0.3, 0.4) is 0 Å². The van der Waals surface area contributed by atoms with Gasteiger partial charge < -0.3 is 24.9 Å². The summed E-state index contributed by atoms with van der Waals surface area (Å²) in [4.78, 5) is 47.2. The van der Waals surface area contributed by atoms with Gasteiger partial charge in [0.1, 0.15) is 10.6 Å². The number of thiophene rings is 1. The van der Waals surface area contributed by atoms with Gasteiger partial charge in [-0.2, -0.15) is 0 Å². The van der Waals surface area contributed by atoms with Crippen LogP contribution < -0.4 is 5.32 Å². The minimum Gasteiger partial charge on any atom is -0.346 e. The van der Waals surface area contributed by atoms with Crippen molar-refractivity contribution >= 4 is 52.4 Å². The van der Waals surface area contributed by atoms with Crippen molar-refractivity contribution in [1.29, 1.82) is 0 Å². The Morgan fingerprint density at radius 2 is 1.60 bits per heavy atom. The molecule has 0 saturated heterocycles. The van der Waals surface area contributed by atoms with Crippen molar-refractivity contribution in [1.82, 2.24) is 9.97 Å². The van der Waals surface area contributed by atoms with Crippen LogP contribution >= 0.6 is 26.5 Å². The van der Waals surface area contributed by atoms with E-state index in [0.29, 0.717) is 21.3 Å². The molecule has 0 spiro atoms. The van der Waals surface area contributed by atoms with Crippen LogP contribution in [0.25, 0.3) is 21.6 Å². The summed E-state index contributed by atoms with van der Waals surface area (Å²) < 4.78 is 49.0. The standard InChI is InChI=1S/C20H19N3O8P2S2/c24-32(25,26)20(33(27,28)29)23-18-16-9-10-34-19(16)22-17(21-18)14-6-4-5-13(11-14)12-35(30,31)15-7-2-1-3-8-15/h1-11,20H,12H2,(H,21,22,23)(H2,24,25,26)(H2,27,28,29). The van der Waals surface area contributed by atoms with Gasteiger partial charge in [0.2, 0.25) is 5.52 Å². The maximum atomic E-state index is 12.8. The van der Waals surface area contributed by atoms with Gasteiger partial charge in [0.15, 0.2) is 15.7 Å². The molecule has 11 nitrogen and oxygen atoms in total. The van der Waals surface area contributed by atoms with E-state index in [9.17, 15) is 37.1 Å². The van der Waals surface area contributed by atoms with E-state index >= 15 is 0 Å². The first-order valence-electron chi connectivity index (χ1n) is 9.84. The first-order chi connectivity index (χ1) is 16.3. The summed E-state index contributed by atoms with van der Waals surface area (Å²) in [5.41, 5.74) is -1.63. The van der Waals surface area contributed by atoms with Crippen molar-refractivity contribution in [2.75, 3.05) is 5.32 Å². The third kappa shape index (κ3) is 5.85. The number of fused-ring (bicyclic) bond motifs is 1. The number of rotatable bonds is 8. The number of anilines is 1. The largest absolute Gasteiger partial charge is 0.360 e. The number of hydrogen-bond donors (Lipinski definition) is 5. The predicted octanol–water partition coefficient (Wildman–Crippen LogP) is 3.38. The normalized spacial score (nSPS) is 12.8. The van der Waals surface area contributed by atoms with E-state index in [2.05, 4.69) is 15.3 Å². The zero-order chi connectivity index (χ0) is 25.4. The maximum absolute atomic E-state index is 12.8. The Bertz CT molecular complexity index is 1560. The summed E-state index contributed by atoms with van der Waals surface area (Å²) in [7, 11) is -14.2. The zero-order valence-corrected chi connectivity index (χ0v) is 21.1. The minimum absolute atomic E-state index is 0.0802. The summed E-state index contributed by atoms with van der Waals surface area (Å²) in [5, 5.41) is 4.16. The Balaban J connectivity index is 1.74. The van der Waals surface area contributed by atoms with Crippen LogP contribution in [0.15, 0.2) is 70.9 Å². The molecule has 0 unspecified atom stereocenters. The van der Waals surface area contributed by atoms with E-state index in [-0.39, 0.29) is 22.3 Å². The second-order valence-electron chi connectivity index (χ2n) is 7.50. The first-order valence-corrected chi connectivity index (χ1v) is 15.7. The molecule has 0 radical (unpaired) electrons. The van der Waals surface area contributed by atoms with Crippen LogP contribution in [0.1, 0.15) is 5.56 Å². The summed E-state index contributed by atoms with van der Waals surface area (Å²) in [6, 6.07) is 16.0. The molecule has 184 valence electrons. The molecule has 0 aliphatic rings. The van der Waals surface area contributed by atoms with Crippen molar-refractivity contribution in [3.8, 4) is 11.4 Å². The monoisotopic (exact) mass is 555 g/mol. The van der Waals surface area contributed by atoms with Gasteiger partial charge in [-0.1, -0.05) is 36.4 Å². The molecule has 0 amide bonds. The van der Waals surface area contributed by atoms with Gasteiger partial charge in [-0.05, 0) is 35.2 Å². The topological polar surface area (TPSA) is 187 Å². The van der Waals surface area contributed by atoms with E-state index in [0.717, 1.165) is 0 Å². The molecule has 2 aromatic carbocycles. The molecule has 35 heavy (non-hydrogen) atoms. The fraction of sp³-hybridized carbons (Fsp3) is 0.100. The van der Waals surface area contributed by atoms with E-state index in [1.807, 2.05) is 0 Å².